The molecule has 0 aliphatic rings. The van der Waals surface area contributed by atoms with Crippen molar-refractivity contribution in [2.75, 3.05) is 11.1 Å². The van der Waals surface area contributed by atoms with E-state index in [1.54, 1.807) is 23.9 Å². The summed E-state index contributed by atoms with van der Waals surface area (Å²) in [4.78, 5) is 11.8. The van der Waals surface area contributed by atoms with E-state index in [-0.39, 0.29) is 5.91 Å². The number of benzene rings is 2. The van der Waals surface area contributed by atoms with Crippen molar-refractivity contribution < 1.29 is 4.79 Å². The maximum atomic E-state index is 11.8. The van der Waals surface area contributed by atoms with Gasteiger partial charge in [0.25, 0.3) is 0 Å². The molecule has 0 aromatic heterocycles. The highest BCUT2D eigenvalue weighted by molar-refractivity contribution is 9.10. The average molecular weight is 385 g/mol. The quantitative estimate of drug-likeness (QED) is 0.679. The second kappa shape index (κ2) is 8.47. The van der Waals surface area contributed by atoms with Gasteiger partial charge in [0.2, 0.25) is 5.91 Å². The smallest absolute Gasteiger partial charge is 0.225 e. The molecule has 0 bridgehead atoms. The molecule has 2 aromatic carbocycles. The molecule has 0 aliphatic carbocycles. The van der Waals surface area contributed by atoms with Gasteiger partial charge < -0.3 is 5.32 Å². The lowest BCUT2D eigenvalue weighted by atomic mass is 10.2. The van der Waals surface area contributed by atoms with Crippen LogP contribution in [0.1, 0.15) is 12.0 Å². The molecule has 0 aliphatic heterocycles. The molecule has 0 saturated carbocycles. The van der Waals surface area contributed by atoms with Crippen molar-refractivity contribution >= 4 is 50.9 Å². The molecule has 2 aromatic rings. The highest BCUT2D eigenvalue weighted by Gasteiger charge is 2.05. The van der Waals surface area contributed by atoms with Crippen molar-refractivity contribution in [2.45, 2.75) is 12.2 Å². The molecule has 2 nitrogen and oxygen atoms in total. The van der Waals surface area contributed by atoms with E-state index in [0.29, 0.717) is 17.1 Å². The number of para-hydroxylation sites is 1. The van der Waals surface area contributed by atoms with Crippen LogP contribution in [0.4, 0.5) is 5.69 Å². The fraction of sp³-hybridized carbons (Fsp3) is 0.188. The number of nitrogens with one attached hydrogen (secondary N) is 1. The van der Waals surface area contributed by atoms with Gasteiger partial charge in [0, 0.05) is 22.4 Å². The minimum atomic E-state index is -0.00796. The second-order valence-electron chi connectivity index (χ2n) is 4.46. The summed E-state index contributed by atoms with van der Waals surface area (Å²) in [6.07, 6.45) is 0.479. The van der Waals surface area contributed by atoms with Gasteiger partial charge in [0.1, 0.15) is 0 Å². The third-order valence-electron chi connectivity index (χ3n) is 2.80. The van der Waals surface area contributed by atoms with Gasteiger partial charge in [-0.2, -0.15) is 11.8 Å². The van der Waals surface area contributed by atoms with Gasteiger partial charge in [-0.3, -0.25) is 4.79 Å². The van der Waals surface area contributed by atoms with Gasteiger partial charge >= 0.3 is 0 Å². The van der Waals surface area contributed by atoms with E-state index in [1.807, 2.05) is 24.3 Å². The molecule has 2 rings (SSSR count). The van der Waals surface area contributed by atoms with E-state index in [2.05, 4.69) is 33.4 Å². The molecule has 110 valence electrons. The van der Waals surface area contributed by atoms with E-state index in [0.717, 1.165) is 16.0 Å². The molecule has 0 unspecified atom stereocenters. The van der Waals surface area contributed by atoms with Crippen molar-refractivity contribution in [1.82, 2.24) is 0 Å². The first-order valence-corrected chi connectivity index (χ1v) is 8.84. The van der Waals surface area contributed by atoms with Crippen LogP contribution in [0, 0.1) is 0 Å². The molecule has 0 saturated heterocycles. The van der Waals surface area contributed by atoms with E-state index >= 15 is 0 Å². The van der Waals surface area contributed by atoms with Gasteiger partial charge in [-0.05, 0) is 29.8 Å². The van der Waals surface area contributed by atoms with E-state index in [1.165, 1.54) is 5.56 Å². The minimum Gasteiger partial charge on any atom is -0.325 e. The Hall–Kier alpha value is -0.970. The Labute approximate surface area is 142 Å². The summed E-state index contributed by atoms with van der Waals surface area (Å²) in [6.45, 7) is 0. The molecule has 1 N–H and O–H groups in total. The number of carbonyl (C=O) groups excluding carboxylic acids is 1. The maximum absolute atomic E-state index is 11.8. The van der Waals surface area contributed by atoms with E-state index < -0.39 is 0 Å². The standard InChI is InChI=1S/C16H15BrClNOS/c17-13-7-5-12(6-8-13)11-21-10-9-16(20)19-15-4-2-1-3-14(15)18/h1-8H,9-11H2,(H,19,20). The fourth-order valence-electron chi connectivity index (χ4n) is 1.71. The van der Waals surface area contributed by atoms with Crippen LogP contribution in [-0.4, -0.2) is 11.7 Å². The van der Waals surface area contributed by atoms with E-state index in [9.17, 15) is 4.79 Å². The summed E-state index contributed by atoms with van der Waals surface area (Å²) in [6, 6.07) is 15.5. The first-order chi connectivity index (χ1) is 10.1. The van der Waals surface area contributed by atoms with Crippen LogP contribution in [0.2, 0.25) is 5.02 Å². The first kappa shape index (κ1) is 16.4. The van der Waals surface area contributed by atoms with Crippen molar-refractivity contribution in [3.8, 4) is 0 Å². The molecule has 1 amide bonds. The molecule has 5 heteroatoms. The molecular formula is C16H15BrClNOS. The molecule has 21 heavy (non-hydrogen) atoms. The highest BCUT2D eigenvalue weighted by Crippen LogP contribution is 2.21. The van der Waals surface area contributed by atoms with Gasteiger partial charge in [-0.1, -0.05) is 51.8 Å². The lowest BCUT2D eigenvalue weighted by molar-refractivity contribution is -0.115. The Morgan fingerprint density at radius 2 is 1.86 bits per heavy atom. The highest BCUT2D eigenvalue weighted by atomic mass is 79.9. The number of thioether (sulfide) groups is 1. The third-order valence-corrected chi connectivity index (χ3v) is 4.69. The number of amides is 1. The Bertz CT molecular complexity index is 603. The summed E-state index contributed by atoms with van der Waals surface area (Å²) < 4.78 is 1.08. The van der Waals surface area contributed by atoms with E-state index in [4.69, 9.17) is 11.6 Å². The molecule has 0 radical (unpaired) electrons. The van der Waals surface area contributed by atoms with Gasteiger partial charge in [-0.25, -0.2) is 0 Å². The molecule has 0 atom stereocenters. The van der Waals surface area contributed by atoms with Crippen LogP contribution in [-0.2, 0) is 10.5 Å². The van der Waals surface area contributed by atoms with Gasteiger partial charge in [0.05, 0.1) is 10.7 Å². The number of rotatable bonds is 6. The van der Waals surface area contributed by atoms with Crippen LogP contribution in [0.15, 0.2) is 53.0 Å². The molecule has 0 fully saturated rings. The summed E-state index contributed by atoms with van der Waals surface area (Å²) in [5.74, 6) is 1.69. The number of hydrogen-bond acceptors (Lipinski definition) is 2. The number of hydrogen-bond donors (Lipinski definition) is 1. The largest absolute Gasteiger partial charge is 0.325 e. The topological polar surface area (TPSA) is 29.1 Å². The lowest BCUT2D eigenvalue weighted by Crippen LogP contribution is -2.12. The normalized spacial score (nSPS) is 10.4. The SMILES string of the molecule is O=C(CCSCc1ccc(Br)cc1)Nc1ccccc1Cl. The average Bonchev–Trinajstić information content (AvgIpc) is 2.48. The number of halogens is 2. The van der Waals surface area contributed by atoms with Crippen LogP contribution < -0.4 is 5.32 Å². The van der Waals surface area contributed by atoms with Crippen molar-refractivity contribution in [2.24, 2.45) is 0 Å². The molecular weight excluding hydrogens is 370 g/mol. The Kier molecular flexibility index (Phi) is 6.61. The zero-order chi connectivity index (χ0) is 15.1. The summed E-state index contributed by atoms with van der Waals surface area (Å²) in [5.41, 5.74) is 1.93. The third kappa shape index (κ3) is 5.73. The van der Waals surface area contributed by atoms with Crippen molar-refractivity contribution in [3.05, 3.63) is 63.6 Å². The van der Waals surface area contributed by atoms with Crippen LogP contribution in [0.5, 0.6) is 0 Å². The van der Waals surface area contributed by atoms with Crippen molar-refractivity contribution in [1.29, 1.82) is 0 Å². The van der Waals surface area contributed by atoms with Crippen molar-refractivity contribution in [3.63, 3.8) is 0 Å². The number of anilines is 1. The van der Waals surface area contributed by atoms with Gasteiger partial charge in [0.15, 0.2) is 0 Å². The Morgan fingerprint density at radius 3 is 2.57 bits per heavy atom. The van der Waals surface area contributed by atoms with Crippen LogP contribution >= 0.6 is 39.3 Å². The second-order valence-corrected chi connectivity index (χ2v) is 6.89. The monoisotopic (exact) mass is 383 g/mol. The maximum Gasteiger partial charge on any atom is 0.225 e. The zero-order valence-electron chi connectivity index (χ0n) is 11.3. The fourth-order valence-corrected chi connectivity index (χ4v) is 3.06. The zero-order valence-corrected chi connectivity index (χ0v) is 14.5. The van der Waals surface area contributed by atoms with Crippen LogP contribution in [0.25, 0.3) is 0 Å². The summed E-state index contributed by atoms with van der Waals surface area (Å²) in [5, 5.41) is 3.39. The minimum absolute atomic E-state index is 0.00796. The molecule has 0 heterocycles. The first-order valence-electron chi connectivity index (χ1n) is 6.52. The number of carbonyl (C=O) groups is 1. The summed E-state index contributed by atoms with van der Waals surface area (Å²) in [7, 11) is 0. The van der Waals surface area contributed by atoms with Gasteiger partial charge in [-0.15, -0.1) is 0 Å². The predicted molar refractivity (Wildman–Crippen MR) is 95.0 cm³/mol. The van der Waals surface area contributed by atoms with Crippen LogP contribution in [0.3, 0.4) is 0 Å². The Balaban J connectivity index is 1.70. The summed E-state index contributed by atoms with van der Waals surface area (Å²) >= 11 is 11.2. The Morgan fingerprint density at radius 1 is 1.14 bits per heavy atom. The lowest BCUT2D eigenvalue weighted by Gasteiger charge is -2.07. The molecule has 0 spiro atoms. The predicted octanol–water partition coefficient (Wildman–Crippen LogP) is 5.36.